The van der Waals surface area contributed by atoms with Crippen LogP contribution >= 0.6 is 11.6 Å². The van der Waals surface area contributed by atoms with E-state index in [9.17, 15) is 0 Å². The second-order valence-electron chi connectivity index (χ2n) is 3.06. The third-order valence-electron chi connectivity index (χ3n) is 1.87. The van der Waals surface area contributed by atoms with E-state index in [1.165, 1.54) is 10.5 Å². The first kappa shape index (κ1) is 9.56. The third-order valence-corrected chi connectivity index (χ3v) is 2.06. The van der Waals surface area contributed by atoms with Crippen LogP contribution in [0.1, 0.15) is 5.56 Å². The normalized spacial score (nSPS) is 12.8. The number of benzene rings is 1. The lowest BCUT2D eigenvalue weighted by molar-refractivity contribution is -0.891. The fourth-order valence-corrected chi connectivity index (χ4v) is 1.52. The summed E-state index contributed by atoms with van der Waals surface area (Å²) < 4.78 is 0. The first-order valence-electron chi connectivity index (χ1n) is 4.24. The SMILES string of the molecule is C[NH+](CCCl)Cc1ccccc1. The van der Waals surface area contributed by atoms with Crippen LogP contribution in [0.25, 0.3) is 0 Å². The highest BCUT2D eigenvalue weighted by Gasteiger charge is 2.00. The van der Waals surface area contributed by atoms with E-state index in [1.807, 2.05) is 6.07 Å². The molecule has 1 unspecified atom stereocenters. The van der Waals surface area contributed by atoms with Gasteiger partial charge in [-0.15, -0.1) is 11.6 Å². The number of hydrogen-bond donors (Lipinski definition) is 1. The molecule has 0 bridgehead atoms. The fraction of sp³-hybridized carbons (Fsp3) is 0.400. The highest BCUT2D eigenvalue weighted by Crippen LogP contribution is 1.94. The summed E-state index contributed by atoms with van der Waals surface area (Å²) in [4.78, 5) is 1.45. The van der Waals surface area contributed by atoms with Crippen LogP contribution in [0.15, 0.2) is 30.3 Å². The summed E-state index contributed by atoms with van der Waals surface area (Å²) in [5.41, 5.74) is 1.38. The Bertz CT molecular complexity index is 210. The van der Waals surface area contributed by atoms with Gasteiger partial charge in [0.2, 0.25) is 0 Å². The Morgan fingerprint density at radius 3 is 2.50 bits per heavy atom. The van der Waals surface area contributed by atoms with E-state index < -0.39 is 0 Å². The van der Waals surface area contributed by atoms with Gasteiger partial charge >= 0.3 is 0 Å². The van der Waals surface area contributed by atoms with E-state index in [-0.39, 0.29) is 0 Å². The van der Waals surface area contributed by atoms with Crippen LogP contribution in [-0.4, -0.2) is 19.5 Å². The molecule has 1 atom stereocenters. The van der Waals surface area contributed by atoms with Crippen LogP contribution in [0.4, 0.5) is 0 Å². The number of hydrogen-bond acceptors (Lipinski definition) is 0. The van der Waals surface area contributed by atoms with Gasteiger partial charge in [-0.05, 0) is 0 Å². The van der Waals surface area contributed by atoms with Gasteiger partial charge in [-0.25, -0.2) is 0 Å². The maximum absolute atomic E-state index is 5.64. The molecule has 0 aromatic heterocycles. The Hall–Kier alpha value is -0.530. The molecule has 1 aromatic carbocycles. The van der Waals surface area contributed by atoms with Gasteiger partial charge in [0.25, 0.3) is 0 Å². The number of halogens is 1. The number of nitrogens with one attached hydrogen (secondary N) is 1. The Labute approximate surface area is 79.0 Å². The largest absolute Gasteiger partial charge is 0.333 e. The predicted molar refractivity (Wildman–Crippen MR) is 52.6 cm³/mol. The Balaban J connectivity index is 2.41. The smallest absolute Gasteiger partial charge is 0.103 e. The first-order chi connectivity index (χ1) is 5.83. The average Bonchev–Trinajstić information content (AvgIpc) is 2.06. The minimum atomic E-state index is 0.735. The molecule has 0 fully saturated rings. The summed E-state index contributed by atoms with van der Waals surface area (Å²) >= 11 is 5.64. The van der Waals surface area contributed by atoms with E-state index in [2.05, 4.69) is 31.3 Å². The molecule has 0 aliphatic rings. The summed E-state index contributed by atoms with van der Waals surface area (Å²) in [5, 5.41) is 0. The monoisotopic (exact) mass is 184 g/mol. The molecule has 2 heteroatoms. The van der Waals surface area contributed by atoms with Gasteiger partial charge in [0.1, 0.15) is 6.54 Å². The lowest BCUT2D eigenvalue weighted by Crippen LogP contribution is -3.07. The van der Waals surface area contributed by atoms with Crippen molar-refractivity contribution in [3.8, 4) is 0 Å². The van der Waals surface area contributed by atoms with E-state index in [0.29, 0.717) is 0 Å². The van der Waals surface area contributed by atoms with Gasteiger partial charge in [-0.3, -0.25) is 0 Å². The van der Waals surface area contributed by atoms with Gasteiger partial charge in [0, 0.05) is 5.56 Å². The molecular formula is C10H15ClN+. The number of rotatable bonds is 4. The second kappa shape index (κ2) is 5.18. The van der Waals surface area contributed by atoms with Gasteiger partial charge in [0.05, 0.1) is 19.5 Å². The zero-order valence-corrected chi connectivity index (χ0v) is 8.14. The fourth-order valence-electron chi connectivity index (χ4n) is 1.19. The molecule has 1 aromatic rings. The van der Waals surface area contributed by atoms with Crippen molar-refractivity contribution in [3.63, 3.8) is 0 Å². The highest BCUT2D eigenvalue weighted by atomic mass is 35.5. The molecule has 0 amide bonds. The van der Waals surface area contributed by atoms with Crippen LogP contribution < -0.4 is 4.90 Å². The van der Waals surface area contributed by atoms with Crippen molar-refractivity contribution in [1.29, 1.82) is 0 Å². The van der Waals surface area contributed by atoms with Gasteiger partial charge in [-0.2, -0.15) is 0 Å². The Morgan fingerprint density at radius 2 is 1.92 bits per heavy atom. The standard InChI is InChI=1S/C10H14ClN/c1-12(8-7-11)9-10-5-3-2-4-6-10/h2-6H,7-9H2,1H3/p+1. The van der Waals surface area contributed by atoms with E-state index in [4.69, 9.17) is 11.6 Å². The minimum absolute atomic E-state index is 0.735. The molecule has 0 saturated heterocycles. The number of quaternary nitrogens is 1. The molecule has 1 rings (SSSR count). The molecule has 66 valence electrons. The molecule has 0 radical (unpaired) electrons. The maximum Gasteiger partial charge on any atom is 0.103 e. The minimum Gasteiger partial charge on any atom is -0.333 e. The van der Waals surface area contributed by atoms with Crippen molar-refractivity contribution in [2.45, 2.75) is 6.54 Å². The molecule has 0 aliphatic heterocycles. The predicted octanol–water partition coefficient (Wildman–Crippen LogP) is 0.940. The first-order valence-corrected chi connectivity index (χ1v) is 4.77. The van der Waals surface area contributed by atoms with Crippen molar-refractivity contribution in [2.24, 2.45) is 0 Å². The van der Waals surface area contributed by atoms with Crippen molar-refractivity contribution in [1.82, 2.24) is 0 Å². The van der Waals surface area contributed by atoms with Crippen LogP contribution in [0.2, 0.25) is 0 Å². The number of alkyl halides is 1. The maximum atomic E-state index is 5.64. The van der Waals surface area contributed by atoms with Gasteiger partial charge in [-0.1, -0.05) is 30.3 Å². The van der Waals surface area contributed by atoms with Crippen LogP contribution in [-0.2, 0) is 6.54 Å². The summed E-state index contributed by atoms with van der Waals surface area (Å²) in [6, 6.07) is 10.5. The molecule has 0 aliphatic carbocycles. The lowest BCUT2D eigenvalue weighted by atomic mass is 10.2. The average molecular weight is 185 g/mol. The summed E-state index contributed by atoms with van der Waals surface area (Å²) in [5.74, 6) is 0.735. The van der Waals surface area contributed by atoms with Crippen molar-refractivity contribution in [3.05, 3.63) is 35.9 Å². The second-order valence-corrected chi connectivity index (χ2v) is 3.44. The lowest BCUT2D eigenvalue weighted by Gasteiger charge is -2.11. The zero-order chi connectivity index (χ0) is 8.81. The van der Waals surface area contributed by atoms with Crippen LogP contribution in [0.3, 0.4) is 0 Å². The Kier molecular flexibility index (Phi) is 4.12. The van der Waals surface area contributed by atoms with Crippen molar-refractivity contribution >= 4 is 11.6 Å². The quantitative estimate of drug-likeness (QED) is 0.665. The highest BCUT2D eigenvalue weighted by molar-refractivity contribution is 6.17. The van der Waals surface area contributed by atoms with Crippen LogP contribution in [0, 0.1) is 0 Å². The molecule has 0 saturated carbocycles. The third kappa shape index (κ3) is 3.24. The molecule has 12 heavy (non-hydrogen) atoms. The van der Waals surface area contributed by atoms with E-state index in [1.54, 1.807) is 0 Å². The Morgan fingerprint density at radius 1 is 1.25 bits per heavy atom. The molecule has 0 heterocycles. The summed E-state index contributed by atoms with van der Waals surface area (Å²) in [6.45, 7) is 2.09. The zero-order valence-electron chi connectivity index (χ0n) is 7.39. The van der Waals surface area contributed by atoms with E-state index >= 15 is 0 Å². The summed E-state index contributed by atoms with van der Waals surface area (Å²) in [6.07, 6.45) is 0. The van der Waals surface area contributed by atoms with Crippen molar-refractivity contribution in [2.75, 3.05) is 19.5 Å². The van der Waals surface area contributed by atoms with Crippen LogP contribution in [0.5, 0.6) is 0 Å². The molecule has 1 nitrogen and oxygen atoms in total. The molecule has 1 N–H and O–H groups in total. The molecule has 0 spiro atoms. The molecular weight excluding hydrogens is 170 g/mol. The van der Waals surface area contributed by atoms with Gasteiger partial charge in [0.15, 0.2) is 0 Å². The van der Waals surface area contributed by atoms with Gasteiger partial charge < -0.3 is 4.90 Å². The van der Waals surface area contributed by atoms with E-state index in [0.717, 1.165) is 19.0 Å². The summed E-state index contributed by atoms with van der Waals surface area (Å²) in [7, 11) is 2.16. The van der Waals surface area contributed by atoms with Crippen molar-refractivity contribution < 1.29 is 4.90 Å². The topological polar surface area (TPSA) is 4.44 Å².